The molecule has 1 saturated heterocycles. The van der Waals surface area contributed by atoms with Crippen LogP contribution in [0.4, 0.5) is 14.5 Å². The second-order valence-electron chi connectivity index (χ2n) is 7.61. The molecule has 1 heterocycles. The molecule has 0 amide bonds. The molecule has 0 aromatic heterocycles. The molecule has 0 spiro atoms. The van der Waals surface area contributed by atoms with Gasteiger partial charge in [-0.2, -0.15) is 8.78 Å². The maximum atomic E-state index is 12.3. The fraction of sp³-hybridized carbons (Fsp3) is 0.435. The van der Waals surface area contributed by atoms with E-state index in [1.54, 1.807) is 38.4 Å². The third-order valence-corrected chi connectivity index (χ3v) is 5.39. The molecule has 2 aromatic carbocycles. The number of methoxy groups -OCH3 is 1. The van der Waals surface area contributed by atoms with E-state index in [4.69, 9.17) is 4.74 Å². The summed E-state index contributed by atoms with van der Waals surface area (Å²) in [6.07, 6.45) is 1.11. The molecule has 0 aliphatic carbocycles. The highest BCUT2D eigenvalue weighted by Gasteiger charge is 2.23. The molecule has 31 heavy (non-hydrogen) atoms. The maximum Gasteiger partial charge on any atom is 0.387 e. The van der Waals surface area contributed by atoms with Crippen LogP contribution >= 0.6 is 0 Å². The van der Waals surface area contributed by atoms with Crippen LogP contribution in [0.15, 0.2) is 53.5 Å². The summed E-state index contributed by atoms with van der Waals surface area (Å²) < 4.78 is 34.3. The summed E-state index contributed by atoms with van der Waals surface area (Å²) >= 11 is 0. The van der Waals surface area contributed by atoms with Gasteiger partial charge in [-0.3, -0.25) is 4.99 Å². The first-order valence-corrected chi connectivity index (χ1v) is 10.3. The molecular formula is C23H30F2N4O2. The van der Waals surface area contributed by atoms with E-state index in [2.05, 4.69) is 32.1 Å². The predicted molar refractivity (Wildman–Crippen MR) is 119 cm³/mol. The van der Waals surface area contributed by atoms with Gasteiger partial charge in [-0.1, -0.05) is 18.2 Å². The van der Waals surface area contributed by atoms with E-state index in [9.17, 15) is 8.78 Å². The number of guanidine groups is 1. The summed E-state index contributed by atoms with van der Waals surface area (Å²) in [5.41, 5.74) is 2.17. The number of rotatable bonds is 8. The first-order valence-electron chi connectivity index (χ1n) is 10.3. The molecule has 1 aliphatic heterocycles. The van der Waals surface area contributed by atoms with Crippen LogP contribution in [0.1, 0.15) is 12.0 Å². The smallest absolute Gasteiger partial charge is 0.387 e. The molecule has 2 aromatic rings. The second-order valence-corrected chi connectivity index (χ2v) is 7.61. The lowest BCUT2D eigenvalue weighted by molar-refractivity contribution is -0.0498. The largest absolute Gasteiger partial charge is 0.497 e. The lowest BCUT2D eigenvalue weighted by atomic mass is 10.1. The molecule has 8 heteroatoms. The monoisotopic (exact) mass is 432 g/mol. The highest BCUT2D eigenvalue weighted by atomic mass is 19.3. The van der Waals surface area contributed by atoms with Gasteiger partial charge >= 0.3 is 6.61 Å². The van der Waals surface area contributed by atoms with Crippen LogP contribution in [0.3, 0.4) is 0 Å². The van der Waals surface area contributed by atoms with Crippen LogP contribution in [0.25, 0.3) is 0 Å². The summed E-state index contributed by atoms with van der Waals surface area (Å²) in [5, 5.41) is 3.46. The van der Waals surface area contributed by atoms with E-state index in [0.29, 0.717) is 12.5 Å². The highest BCUT2D eigenvalue weighted by Crippen LogP contribution is 2.26. The lowest BCUT2D eigenvalue weighted by Gasteiger charge is -2.24. The Morgan fingerprint density at radius 3 is 2.68 bits per heavy atom. The number of halogens is 2. The van der Waals surface area contributed by atoms with Crippen molar-refractivity contribution < 1.29 is 18.3 Å². The number of nitrogens with zero attached hydrogens (tertiary/aromatic N) is 3. The summed E-state index contributed by atoms with van der Waals surface area (Å²) in [5.74, 6) is 2.34. The standard InChI is InChI=1S/C23H30F2N4O2/c1-26-23(28(2)15-17-7-9-20(10-8-17)31-22(24)25)27-14-18-11-12-29(16-18)19-5-4-6-21(13-19)30-3/h4-10,13,18,22H,11-12,14-16H2,1-3H3,(H,26,27). The van der Waals surface area contributed by atoms with Gasteiger partial charge in [0.25, 0.3) is 0 Å². The van der Waals surface area contributed by atoms with Gasteiger partial charge in [-0.15, -0.1) is 0 Å². The molecule has 1 atom stereocenters. The SMILES string of the molecule is CN=C(NCC1CCN(c2cccc(OC)c2)C1)N(C)Cc1ccc(OC(F)F)cc1. The average molecular weight is 433 g/mol. The van der Waals surface area contributed by atoms with E-state index in [0.717, 1.165) is 43.3 Å². The van der Waals surface area contributed by atoms with Crippen LogP contribution in [-0.4, -0.2) is 58.3 Å². The third-order valence-electron chi connectivity index (χ3n) is 5.39. The molecule has 0 bridgehead atoms. The van der Waals surface area contributed by atoms with Crippen molar-refractivity contribution in [1.82, 2.24) is 10.2 Å². The van der Waals surface area contributed by atoms with Crippen LogP contribution in [-0.2, 0) is 6.54 Å². The van der Waals surface area contributed by atoms with Crippen molar-refractivity contribution in [2.24, 2.45) is 10.9 Å². The Kier molecular flexibility index (Phi) is 7.92. The zero-order valence-electron chi connectivity index (χ0n) is 18.2. The second kappa shape index (κ2) is 10.8. The van der Waals surface area contributed by atoms with Gasteiger partial charge in [0.05, 0.1) is 7.11 Å². The number of hydrogen-bond acceptors (Lipinski definition) is 4. The summed E-state index contributed by atoms with van der Waals surface area (Å²) in [6.45, 7) is 0.619. The van der Waals surface area contributed by atoms with Crippen LogP contribution in [0, 0.1) is 5.92 Å². The Hall–Kier alpha value is -3.03. The van der Waals surface area contributed by atoms with Crippen molar-refractivity contribution >= 4 is 11.6 Å². The summed E-state index contributed by atoms with van der Waals surface area (Å²) in [7, 11) is 5.40. The van der Waals surface area contributed by atoms with Crippen LogP contribution in [0.2, 0.25) is 0 Å². The van der Waals surface area contributed by atoms with E-state index in [1.807, 2.05) is 24.1 Å². The molecule has 3 rings (SSSR count). The molecule has 6 nitrogen and oxygen atoms in total. The van der Waals surface area contributed by atoms with Crippen molar-refractivity contribution in [2.75, 3.05) is 45.7 Å². The minimum Gasteiger partial charge on any atom is -0.497 e. The van der Waals surface area contributed by atoms with Gasteiger partial charge in [-0.05, 0) is 42.2 Å². The first kappa shape index (κ1) is 22.7. The van der Waals surface area contributed by atoms with E-state index < -0.39 is 6.61 Å². The van der Waals surface area contributed by atoms with Gasteiger partial charge in [0.15, 0.2) is 5.96 Å². The van der Waals surface area contributed by atoms with Gasteiger partial charge in [-0.25, -0.2) is 0 Å². The molecule has 168 valence electrons. The minimum atomic E-state index is -2.81. The molecule has 1 unspecified atom stereocenters. The van der Waals surface area contributed by atoms with E-state index in [1.165, 1.54) is 5.69 Å². The molecule has 0 saturated carbocycles. The predicted octanol–water partition coefficient (Wildman–Crippen LogP) is 3.83. The van der Waals surface area contributed by atoms with Crippen LogP contribution in [0.5, 0.6) is 11.5 Å². The zero-order chi connectivity index (χ0) is 22.2. The Morgan fingerprint density at radius 2 is 2.00 bits per heavy atom. The highest BCUT2D eigenvalue weighted by molar-refractivity contribution is 5.79. The molecule has 1 N–H and O–H groups in total. The van der Waals surface area contributed by atoms with Gasteiger partial charge in [0, 0.05) is 52.0 Å². The van der Waals surface area contributed by atoms with Crippen LogP contribution < -0.4 is 19.7 Å². The summed E-state index contributed by atoms with van der Waals surface area (Å²) in [6, 6.07) is 14.8. The zero-order valence-corrected chi connectivity index (χ0v) is 18.2. The Labute approximate surface area is 182 Å². The number of nitrogens with one attached hydrogen (secondary N) is 1. The first-order chi connectivity index (χ1) is 15.0. The third kappa shape index (κ3) is 6.47. The van der Waals surface area contributed by atoms with Crippen molar-refractivity contribution in [3.05, 3.63) is 54.1 Å². The number of anilines is 1. The van der Waals surface area contributed by atoms with E-state index >= 15 is 0 Å². The number of ether oxygens (including phenoxy) is 2. The fourth-order valence-electron chi connectivity index (χ4n) is 3.79. The lowest BCUT2D eigenvalue weighted by Crippen LogP contribution is -2.41. The quantitative estimate of drug-likeness (QED) is 0.508. The van der Waals surface area contributed by atoms with E-state index in [-0.39, 0.29) is 5.75 Å². The Balaban J connectivity index is 1.48. The number of aliphatic imine (C=N–C) groups is 1. The van der Waals surface area contributed by atoms with Crippen molar-refractivity contribution in [3.8, 4) is 11.5 Å². The Bertz CT molecular complexity index is 861. The minimum absolute atomic E-state index is 0.158. The molecular weight excluding hydrogens is 402 g/mol. The topological polar surface area (TPSA) is 49.3 Å². The Morgan fingerprint density at radius 1 is 1.23 bits per heavy atom. The molecule has 1 aliphatic rings. The van der Waals surface area contributed by atoms with Crippen molar-refractivity contribution in [2.45, 2.75) is 19.6 Å². The van der Waals surface area contributed by atoms with Gasteiger partial charge in [0.2, 0.25) is 0 Å². The van der Waals surface area contributed by atoms with Crippen molar-refractivity contribution in [1.29, 1.82) is 0 Å². The maximum absolute atomic E-state index is 12.3. The number of hydrogen-bond donors (Lipinski definition) is 1. The average Bonchev–Trinajstić information content (AvgIpc) is 3.24. The molecule has 0 radical (unpaired) electrons. The van der Waals surface area contributed by atoms with Gasteiger partial charge in [0.1, 0.15) is 11.5 Å². The fourth-order valence-corrected chi connectivity index (χ4v) is 3.79. The number of alkyl halides is 2. The van der Waals surface area contributed by atoms with Gasteiger partial charge < -0.3 is 24.6 Å². The normalized spacial score (nSPS) is 16.5. The molecule has 1 fully saturated rings. The number of benzene rings is 2. The van der Waals surface area contributed by atoms with Crippen molar-refractivity contribution in [3.63, 3.8) is 0 Å². The summed E-state index contributed by atoms with van der Waals surface area (Å²) in [4.78, 5) is 8.77.